The number of allylic oxidation sites excluding steroid dienone is 2. The Kier molecular flexibility index (Phi) is 43.1. The van der Waals surface area contributed by atoms with Gasteiger partial charge in [-0.1, -0.05) is 231 Å². The zero-order valence-corrected chi connectivity index (χ0v) is 35.9. The first kappa shape index (κ1) is 52.1. The first-order chi connectivity index (χ1) is 26.1. The van der Waals surface area contributed by atoms with E-state index in [0.29, 0.717) is 12.8 Å². The fourth-order valence-electron chi connectivity index (χ4n) is 7.63. The van der Waals surface area contributed by atoms with Gasteiger partial charge in [-0.25, -0.2) is 0 Å². The topological polar surface area (TPSA) is 89.8 Å². The average Bonchev–Trinajstić information content (AvgIpc) is 3.16. The predicted octanol–water partition coefficient (Wildman–Crippen LogP) is 14.0. The van der Waals surface area contributed by atoms with Gasteiger partial charge in [0.1, 0.15) is 6.10 Å². The summed E-state index contributed by atoms with van der Waals surface area (Å²) in [5.74, 6) is -0.145. The van der Waals surface area contributed by atoms with Gasteiger partial charge in [-0.3, -0.25) is 4.79 Å². The molecule has 53 heavy (non-hydrogen) atoms. The van der Waals surface area contributed by atoms with E-state index in [0.717, 1.165) is 32.1 Å². The third-order valence-electron chi connectivity index (χ3n) is 11.4. The molecule has 0 saturated carbocycles. The van der Waals surface area contributed by atoms with Crippen molar-refractivity contribution in [2.24, 2.45) is 0 Å². The highest BCUT2D eigenvalue weighted by Gasteiger charge is 2.26. The Bertz CT molecular complexity index is 743. The minimum absolute atomic E-state index is 0.145. The summed E-state index contributed by atoms with van der Waals surface area (Å²) in [6.45, 7) is 4.20. The van der Waals surface area contributed by atoms with Gasteiger partial charge in [0.25, 0.3) is 0 Å². The van der Waals surface area contributed by atoms with E-state index in [4.69, 9.17) is 0 Å². The molecule has 3 atom stereocenters. The smallest absolute Gasteiger partial charge is 0.220 e. The number of amides is 1. The maximum Gasteiger partial charge on any atom is 0.220 e. The van der Waals surface area contributed by atoms with Crippen molar-refractivity contribution in [3.8, 4) is 0 Å². The molecule has 5 nitrogen and oxygen atoms in total. The van der Waals surface area contributed by atoms with Gasteiger partial charge in [0.05, 0.1) is 18.8 Å². The largest absolute Gasteiger partial charge is 0.394 e. The van der Waals surface area contributed by atoms with E-state index < -0.39 is 18.2 Å². The number of hydrogen-bond donors (Lipinski definition) is 4. The monoisotopic (exact) mass is 750 g/mol. The van der Waals surface area contributed by atoms with Gasteiger partial charge in [0.15, 0.2) is 0 Å². The van der Waals surface area contributed by atoms with Crippen molar-refractivity contribution in [1.29, 1.82) is 0 Å². The first-order valence-electron chi connectivity index (χ1n) is 24.0. The molecule has 0 aromatic carbocycles. The molecule has 3 unspecified atom stereocenters. The molecule has 0 bridgehead atoms. The van der Waals surface area contributed by atoms with Crippen LogP contribution in [0.1, 0.15) is 264 Å². The van der Waals surface area contributed by atoms with Crippen molar-refractivity contribution in [2.75, 3.05) is 6.61 Å². The molecule has 0 aromatic heterocycles. The zero-order chi connectivity index (χ0) is 38.7. The molecular formula is C48H95NO4. The van der Waals surface area contributed by atoms with Gasteiger partial charge in [0.2, 0.25) is 5.91 Å². The molecule has 5 heteroatoms. The molecule has 316 valence electrons. The third-order valence-corrected chi connectivity index (χ3v) is 11.4. The number of rotatable bonds is 44. The lowest BCUT2D eigenvalue weighted by Crippen LogP contribution is -2.50. The van der Waals surface area contributed by atoms with E-state index in [-0.39, 0.29) is 12.5 Å². The number of unbranched alkanes of at least 4 members (excludes halogenated alkanes) is 34. The summed E-state index contributed by atoms with van der Waals surface area (Å²) >= 11 is 0. The Morgan fingerprint density at radius 1 is 0.453 bits per heavy atom. The molecule has 1 amide bonds. The minimum Gasteiger partial charge on any atom is -0.394 e. The van der Waals surface area contributed by atoms with E-state index in [1.54, 1.807) is 0 Å². The Balaban J connectivity index is 3.58. The number of aliphatic hydroxyl groups excluding tert-OH is 3. The Labute approximate surface area is 331 Å². The molecule has 0 spiro atoms. The Hall–Kier alpha value is -0.910. The second kappa shape index (κ2) is 43.8. The van der Waals surface area contributed by atoms with Gasteiger partial charge in [-0.05, 0) is 38.5 Å². The molecule has 0 saturated heterocycles. The molecule has 0 aliphatic carbocycles. The Morgan fingerprint density at radius 2 is 0.755 bits per heavy atom. The number of aliphatic hydroxyl groups is 3. The SMILES string of the molecule is CCCCCCCCCC/C=C\CCCCCCCCCC(=O)NC(CO)C(O)C(O)CCCCCCCCCCCCCCCCCCCCCC. The molecule has 4 N–H and O–H groups in total. The van der Waals surface area contributed by atoms with E-state index in [2.05, 4.69) is 31.3 Å². The van der Waals surface area contributed by atoms with Crippen LogP contribution in [0.4, 0.5) is 0 Å². The normalized spacial score (nSPS) is 13.5. The molecule has 0 aliphatic heterocycles. The standard InChI is InChI=1S/C48H95NO4/c1-3-5-7-9-11-13-15-17-19-21-23-25-26-28-30-32-34-36-38-40-42-46(51)48(53)45(44-50)49-47(52)43-41-39-37-35-33-31-29-27-24-22-20-18-16-14-12-10-8-6-4-2/h22,24,45-46,48,50-51,53H,3-21,23,25-44H2,1-2H3,(H,49,52)/b24-22-. The molecule has 0 heterocycles. The van der Waals surface area contributed by atoms with Crippen molar-refractivity contribution < 1.29 is 20.1 Å². The van der Waals surface area contributed by atoms with E-state index in [1.165, 1.54) is 205 Å². The quantitative estimate of drug-likeness (QED) is 0.0369. The average molecular weight is 750 g/mol. The summed E-state index contributed by atoms with van der Waals surface area (Å²) in [5, 5.41) is 33.6. The van der Waals surface area contributed by atoms with Crippen LogP contribution in [0.2, 0.25) is 0 Å². The van der Waals surface area contributed by atoms with Crippen LogP contribution in [-0.4, -0.2) is 46.1 Å². The molecular weight excluding hydrogens is 655 g/mol. The summed E-state index contributed by atoms with van der Waals surface area (Å²) < 4.78 is 0. The fraction of sp³-hybridized carbons (Fsp3) is 0.938. The van der Waals surface area contributed by atoms with Crippen LogP contribution in [0.3, 0.4) is 0 Å². The maximum atomic E-state index is 12.4. The van der Waals surface area contributed by atoms with E-state index >= 15 is 0 Å². The summed E-state index contributed by atoms with van der Waals surface area (Å²) in [7, 11) is 0. The number of carbonyl (C=O) groups is 1. The lowest BCUT2D eigenvalue weighted by Gasteiger charge is -2.26. The Morgan fingerprint density at radius 3 is 1.09 bits per heavy atom. The number of carbonyl (C=O) groups excluding carboxylic acids is 1. The highest BCUT2D eigenvalue weighted by atomic mass is 16.3. The van der Waals surface area contributed by atoms with Crippen LogP contribution in [-0.2, 0) is 4.79 Å². The van der Waals surface area contributed by atoms with Crippen LogP contribution in [0.25, 0.3) is 0 Å². The minimum atomic E-state index is -1.13. The highest BCUT2D eigenvalue weighted by molar-refractivity contribution is 5.76. The van der Waals surface area contributed by atoms with Crippen molar-refractivity contribution in [3.05, 3.63) is 12.2 Å². The predicted molar refractivity (Wildman–Crippen MR) is 232 cm³/mol. The maximum absolute atomic E-state index is 12.4. The zero-order valence-electron chi connectivity index (χ0n) is 35.9. The number of hydrogen-bond acceptors (Lipinski definition) is 4. The van der Waals surface area contributed by atoms with Gasteiger partial charge in [0, 0.05) is 6.42 Å². The van der Waals surface area contributed by atoms with Crippen LogP contribution in [0.5, 0.6) is 0 Å². The van der Waals surface area contributed by atoms with E-state index in [1.807, 2.05) is 0 Å². The lowest BCUT2D eigenvalue weighted by molar-refractivity contribution is -0.124. The molecule has 0 fully saturated rings. The molecule has 0 aliphatic rings. The fourth-order valence-corrected chi connectivity index (χ4v) is 7.63. The lowest BCUT2D eigenvalue weighted by atomic mass is 9.99. The van der Waals surface area contributed by atoms with Crippen molar-refractivity contribution >= 4 is 5.91 Å². The van der Waals surface area contributed by atoms with Crippen LogP contribution in [0, 0.1) is 0 Å². The highest BCUT2D eigenvalue weighted by Crippen LogP contribution is 2.17. The second-order valence-corrected chi connectivity index (χ2v) is 16.7. The van der Waals surface area contributed by atoms with Crippen molar-refractivity contribution in [2.45, 2.75) is 283 Å². The first-order valence-corrected chi connectivity index (χ1v) is 24.0. The third kappa shape index (κ3) is 39.1. The molecule has 0 rings (SSSR count). The van der Waals surface area contributed by atoms with Gasteiger partial charge in [-0.15, -0.1) is 0 Å². The van der Waals surface area contributed by atoms with E-state index in [9.17, 15) is 20.1 Å². The number of nitrogens with one attached hydrogen (secondary N) is 1. The summed E-state index contributed by atoms with van der Waals surface area (Å²) in [6, 6.07) is -0.808. The van der Waals surface area contributed by atoms with Crippen molar-refractivity contribution in [3.63, 3.8) is 0 Å². The van der Waals surface area contributed by atoms with Gasteiger partial charge in [-0.2, -0.15) is 0 Å². The van der Waals surface area contributed by atoms with Gasteiger partial charge < -0.3 is 20.6 Å². The second-order valence-electron chi connectivity index (χ2n) is 16.7. The molecule has 0 radical (unpaired) electrons. The van der Waals surface area contributed by atoms with Crippen LogP contribution >= 0.6 is 0 Å². The molecule has 0 aromatic rings. The van der Waals surface area contributed by atoms with Crippen molar-refractivity contribution in [1.82, 2.24) is 5.32 Å². The summed E-state index contributed by atoms with van der Waals surface area (Å²) in [6.07, 6.45) is 51.8. The van der Waals surface area contributed by atoms with Crippen LogP contribution < -0.4 is 5.32 Å². The van der Waals surface area contributed by atoms with Crippen LogP contribution in [0.15, 0.2) is 12.2 Å². The summed E-state index contributed by atoms with van der Waals surface area (Å²) in [5.41, 5.74) is 0. The summed E-state index contributed by atoms with van der Waals surface area (Å²) in [4.78, 5) is 12.4. The van der Waals surface area contributed by atoms with Gasteiger partial charge >= 0.3 is 0 Å².